The van der Waals surface area contributed by atoms with E-state index in [4.69, 9.17) is 15.2 Å². The first-order valence-electron chi connectivity index (χ1n) is 7.82. The second-order valence-corrected chi connectivity index (χ2v) is 6.62. The van der Waals surface area contributed by atoms with Crippen molar-refractivity contribution < 1.29 is 19.4 Å². The minimum atomic E-state index is -1.06. The van der Waals surface area contributed by atoms with Crippen molar-refractivity contribution in [3.63, 3.8) is 0 Å². The fraction of sp³-hybridized carbons (Fsp3) is 0.222. The number of nitrogens with zero attached hydrogens (tertiary/aromatic N) is 2. The molecule has 0 aliphatic heterocycles. The van der Waals surface area contributed by atoms with Crippen molar-refractivity contribution in [2.24, 2.45) is 5.73 Å². The molecule has 3 N–H and O–H groups in total. The zero-order valence-electron chi connectivity index (χ0n) is 14.3. The molecular formula is C18H18BrN3O4. The Balaban J connectivity index is 2.20. The second kappa shape index (κ2) is 7.35. The standard InChI is InChI=1S/C18H18BrN3O4/c1-25-14-5-3-10(7-15(14)26-2)17-13(8-12(20)18(23)24)22-9-11(19)4-6-16(22)21-17/h3-7,9,12H,8,20H2,1-2H3,(H,23,24). The lowest BCUT2D eigenvalue weighted by Crippen LogP contribution is -2.32. The van der Waals surface area contributed by atoms with Gasteiger partial charge in [-0.3, -0.25) is 4.79 Å². The molecule has 1 aromatic carbocycles. The Morgan fingerprint density at radius 3 is 2.65 bits per heavy atom. The number of aliphatic carboxylic acids is 1. The Kier molecular flexibility index (Phi) is 5.15. The highest BCUT2D eigenvalue weighted by atomic mass is 79.9. The minimum absolute atomic E-state index is 0.136. The van der Waals surface area contributed by atoms with Gasteiger partial charge in [0.05, 0.1) is 25.6 Å². The van der Waals surface area contributed by atoms with E-state index in [0.717, 1.165) is 10.0 Å². The zero-order valence-corrected chi connectivity index (χ0v) is 15.9. The van der Waals surface area contributed by atoms with E-state index in [-0.39, 0.29) is 6.42 Å². The number of methoxy groups -OCH3 is 2. The molecule has 1 atom stereocenters. The van der Waals surface area contributed by atoms with Crippen molar-refractivity contribution in [2.75, 3.05) is 14.2 Å². The molecular weight excluding hydrogens is 402 g/mol. The number of fused-ring (bicyclic) bond motifs is 1. The summed E-state index contributed by atoms with van der Waals surface area (Å²) in [5, 5.41) is 9.22. The van der Waals surface area contributed by atoms with Gasteiger partial charge < -0.3 is 24.7 Å². The maximum atomic E-state index is 11.3. The predicted octanol–water partition coefficient (Wildman–Crippen LogP) is 2.74. The van der Waals surface area contributed by atoms with E-state index in [2.05, 4.69) is 20.9 Å². The number of hydrogen-bond acceptors (Lipinski definition) is 5. The first-order valence-corrected chi connectivity index (χ1v) is 8.61. The van der Waals surface area contributed by atoms with Crippen molar-refractivity contribution in [1.29, 1.82) is 0 Å². The molecule has 2 aromatic heterocycles. The van der Waals surface area contributed by atoms with E-state index in [1.165, 1.54) is 0 Å². The van der Waals surface area contributed by atoms with Crippen LogP contribution in [0, 0.1) is 0 Å². The molecule has 0 amide bonds. The van der Waals surface area contributed by atoms with E-state index in [0.29, 0.717) is 28.5 Å². The molecule has 2 heterocycles. The van der Waals surface area contributed by atoms with Gasteiger partial charge in [0.2, 0.25) is 0 Å². The molecule has 136 valence electrons. The van der Waals surface area contributed by atoms with Crippen LogP contribution in [0.5, 0.6) is 11.5 Å². The average Bonchev–Trinajstić information content (AvgIpc) is 2.98. The number of aromatic nitrogens is 2. The van der Waals surface area contributed by atoms with Gasteiger partial charge in [-0.25, -0.2) is 4.98 Å². The number of benzene rings is 1. The van der Waals surface area contributed by atoms with Gasteiger partial charge in [0.1, 0.15) is 11.7 Å². The molecule has 0 bridgehead atoms. The Labute approximate surface area is 158 Å². The number of imidazole rings is 1. The molecule has 0 fully saturated rings. The van der Waals surface area contributed by atoms with E-state index < -0.39 is 12.0 Å². The maximum Gasteiger partial charge on any atom is 0.320 e. The van der Waals surface area contributed by atoms with Crippen LogP contribution < -0.4 is 15.2 Å². The Bertz CT molecular complexity index is 970. The first-order chi connectivity index (χ1) is 12.4. The van der Waals surface area contributed by atoms with Crippen molar-refractivity contribution in [2.45, 2.75) is 12.5 Å². The number of carbonyl (C=O) groups is 1. The quantitative estimate of drug-likeness (QED) is 0.637. The minimum Gasteiger partial charge on any atom is -0.493 e. The highest BCUT2D eigenvalue weighted by Crippen LogP contribution is 2.34. The summed E-state index contributed by atoms with van der Waals surface area (Å²) in [6.07, 6.45) is 1.98. The van der Waals surface area contributed by atoms with Crippen LogP contribution in [0.15, 0.2) is 41.0 Å². The zero-order chi connectivity index (χ0) is 18.8. The summed E-state index contributed by atoms with van der Waals surface area (Å²) >= 11 is 3.44. The van der Waals surface area contributed by atoms with E-state index in [1.807, 2.05) is 34.9 Å². The van der Waals surface area contributed by atoms with E-state index in [1.54, 1.807) is 20.3 Å². The molecule has 7 nitrogen and oxygen atoms in total. The number of nitrogens with two attached hydrogens (primary N) is 1. The summed E-state index contributed by atoms with van der Waals surface area (Å²) in [6, 6.07) is 8.15. The van der Waals surface area contributed by atoms with Crippen LogP contribution in [0.3, 0.4) is 0 Å². The third kappa shape index (κ3) is 3.38. The van der Waals surface area contributed by atoms with Gasteiger partial charge in [-0.15, -0.1) is 0 Å². The Morgan fingerprint density at radius 2 is 2.00 bits per heavy atom. The molecule has 0 aliphatic carbocycles. The summed E-state index contributed by atoms with van der Waals surface area (Å²) in [4.78, 5) is 15.9. The smallest absolute Gasteiger partial charge is 0.320 e. The van der Waals surface area contributed by atoms with Gasteiger partial charge in [-0.2, -0.15) is 0 Å². The van der Waals surface area contributed by atoms with Crippen molar-refractivity contribution in [3.05, 3.63) is 46.7 Å². The van der Waals surface area contributed by atoms with Gasteiger partial charge in [0.15, 0.2) is 11.5 Å². The molecule has 0 radical (unpaired) electrons. The summed E-state index contributed by atoms with van der Waals surface area (Å²) in [6.45, 7) is 0. The van der Waals surface area contributed by atoms with Crippen LogP contribution in [0.2, 0.25) is 0 Å². The van der Waals surface area contributed by atoms with Crippen LogP contribution in [-0.2, 0) is 11.2 Å². The van der Waals surface area contributed by atoms with E-state index >= 15 is 0 Å². The molecule has 0 saturated heterocycles. The highest BCUT2D eigenvalue weighted by Gasteiger charge is 2.21. The lowest BCUT2D eigenvalue weighted by atomic mass is 10.0. The van der Waals surface area contributed by atoms with E-state index in [9.17, 15) is 9.90 Å². The monoisotopic (exact) mass is 419 g/mol. The van der Waals surface area contributed by atoms with Gasteiger partial charge in [0, 0.05) is 22.7 Å². The van der Waals surface area contributed by atoms with Crippen molar-refractivity contribution in [3.8, 4) is 22.8 Å². The summed E-state index contributed by atoms with van der Waals surface area (Å²) in [5.74, 6) is 0.108. The SMILES string of the molecule is COc1ccc(-c2nc3ccc(Br)cn3c2CC(N)C(=O)O)cc1OC. The van der Waals surface area contributed by atoms with Crippen LogP contribution in [0.4, 0.5) is 0 Å². The number of carboxylic acids is 1. The molecule has 1 unspecified atom stereocenters. The maximum absolute atomic E-state index is 11.3. The second-order valence-electron chi connectivity index (χ2n) is 5.70. The summed E-state index contributed by atoms with van der Waals surface area (Å²) in [5.41, 5.74) is 8.64. The molecule has 0 aliphatic rings. The topological polar surface area (TPSA) is 99.1 Å². The largest absolute Gasteiger partial charge is 0.493 e. The van der Waals surface area contributed by atoms with Gasteiger partial charge >= 0.3 is 5.97 Å². The first kappa shape index (κ1) is 18.2. The number of ether oxygens (including phenoxy) is 2. The molecule has 3 aromatic rings. The molecule has 0 spiro atoms. The van der Waals surface area contributed by atoms with Crippen LogP contribution in [0.1, 0.15) is 5.69 Å². The Morgan fingerprint density at radius 1 is 1.27 bits per heavy atom. The lowest BCUT2D eigenvalue weighted by Gasteiger charge is -2.11. The third-order valence-electron chi connectivity index (χ3n) is 4.07. The fourth-order valence-corrected chi connectivity index (χ4v) is 3.11. The fourth-order valence-electron chi connectivity index (χ4n) is 2.77. The van der Waals surface area contributed by atoms with Gasteiger partial charge in [-0.1, -0.05) is 0 Å². The number of carboxylic acid groups (broad SMARTS) is 1. The molecule has 26 heavy (non-hydrogen) atoms. The summed E-state index contributed by atoms with van der Waals surface area (Å²) in [7, 11) is 3.13. The number of hydrogen-bond donors (Lipinski definition) is 2. The van der Waals surface area contributed by atoms with Crippen molar-refractivity contribution in [1.82, 2.24) is 9.38 Å². The van der Waals surface area contributed by atoms with Crippen LogP contribution in [-0.4, -0.2) is 40.7 Å². The normalized spacial score (nSPS) is 12.2. The predicted molar refractivity (Wildman–Crippen MR) is 101 cm³/mol. The molecule has 0 saturated carbocycles. The van der Waals surface area contributed by atoms with Crippen molar-refractivity contribution >= 4 is 27.5 Å². The number of pyridine rings is 1. The lowest BCUT2D eigenvalue weighted by molar-refractivity contribution is -0.138. The molecule has 3 rings (SSSR count). The third-order valence-corrected chi connectivity index (χ3v) is 4.54. The van der Waals surface area contributed by atoms with Gasteiger partial charge in [0.25, 0.3) is 0 Å². The van der Waals surface area contributed by atoms with Crippen LogP contribution in [0.25, 0.3) is 16.9 Å². The Hall–Kier alpha value is -2.58. The highest BCUT2D eigenvalue weighted by molar-refractivity contribution is 9.10. The summed E-state index contributed by atoms with van der Waals surface area (Å²) < 4.78 is 13.3. The van der Waals surface area contributed by atoms with Crippen LogP contribution >= 0.6 is 15.9 Å². The average molecular weight is 420 g/mol. The van der Waals surface area contributed by atoms with Gasteiger partial charge in [-0.05, 0) is 46.3 Å². The number of halogens is 1. The number of rotatable bonds is 6. The molecule has 8 heteroatoms.